The average molecular weight is 200 g/mol. The van der Waals surface area contributed by atoms with Gasteiger partial charge in [-0.1, -0.05) is 34.6 Å². The van der Waals surface area contributed by atoms with E-state index in [1.807, 2.05) is 0 Å². The Labute approximate surface area is 89.9 Å². The molecule has 0 heterocycles. The molecule has 0 fully saturated rings. The maximum absolute atomic E-state index is 3.55. The maximum Gasteiger partial charge on any atom is 0.000254 e. The lowest BCUT2D eigenvalue weighted by Gasteiger charge is -2.24. The van der Waals surface area contributed by atoms with Crippen LogP contribution in [0.3, 0.4) is 0 Å². The average Bonchev–Trinajstić information content (AvgIpc) is 2.14. The van der Waals surface area contributed by atoms with Crippen LogP contribution in [0.2, 0.25) is 0 Å². The molecule has 0 aromatic rings. The van der Waals surface area contributed by atoms with Crippen LogP contribution in [-0.4, -0.2) is 26.2 Å². The molecule has 2 heteroatoms. The van der Waals surface area contributed by atoms with Crippen molar-refractivity contribution in [2.75, 3.05) is 26.2 Å². The number of hydrogen-bond donors (Lipinski definition) is 2. The number of rotatable bonds is 8. The van der Waals surface area contributed by atoms with E-state index in [9.17, 15) is 0 Å². The minimum absolute atomic E-state index is 0.442. The van der Waals surface area contributed by atoms with Crippen molar-refractivity contribution in [3.63, 3.8) is 0 Å². The molecule has 0 radical (unpaired) electrons. The molecule has 0 aliphatic heterocycles. The van der Waals surface area contributed by atoms with Gasteiger partial charge in [0.25, 0.3) is 0 Å². The summed E-state index contributed by atoms with van der Waals surface area (Å²) in [6, 6.07) is 0. The van der Waals surface area contributed by atoms with E-state index in [4.69, 9.17) is 0 Å². The highest BCUT2D eigenvalue weighted by Crippen LogP contribution is 2.17. The molecular weight excluding hydrogens is 172 g/mol. The minimum atomic E-state index is 0.442. The van der Waals surface area contributed by atoms with Gasteiger partial charge >= 0.3 is 0 Å². The molecule has 0 spiro atoms. The normalized spacial score (nSPS) is 14.4. The molecule has 1 atom stereocenters. The molecule has 2 nitrogen and oxygen atoms in total. The third-order valence-corrected chi connectivity index (χ3v) is 2.80. The third-order valence-electron chi connectivity index (χ3n) is 2.80. The van der Waals surface area contributed by atoms with Gasteiger partial charge in [0.15, 0.2) is 0 Å². The minimum Gasteiger partial charge on any atom is -0.317 e. The Hall–Kier alpha value is -0.0800. The first-order valence-corrected chi connectivity index (χ1v) is 5.93. The van der Waals surface area contributed by atoms with Gasteiger partial charge in [0.05, 0.1) is 0 Å². The van der Waals surface area contributed by atoms with Crippen LogP contribution in [0.1, 0.15) is 41.0 Å². The van der Waals surface area contributed by atoms with Crippen molar-refractivity contribution >= 4 is 0 Å². The van der Waals surface area contributed by atoms with Crippen LogP contribution in [-0.2, 0) is 0 Å². The van der Waals surface area contributed by atoms with Crippen molar-refractivity contribution in [2.24, 2.45) is 11.3 Å². The van der Waals surface area contributed by atoms with Crippen LogP contribution in [0, 0.1) is 11.3 Å². The van der Waals surface area contributed by atoms with Gasteiger partial charge in [-0.25, -0.2) is 0 Å². The second-order valence-corrected chi connectivity index (χ2v) is 5.06. The van der Waals surface area contributed by atoms with E-state index in [1.54, 1.807) is 0 Å². The molecule has 0 aromatic heterocycles. The van der Waals surface area contributed by atoms with Gasteiger partial charge in [-0.15, -0.1) is 0 Å². The van der Waals surface area contributed by atoms with Crippen molar-refractivity contribution in [3.8, 4) is 0 Å². The highest BCUT2D eigenvalue weighted by Gasteiger charge is 2.14. The molecule has 2 N–H and O–H groups in total. The predicted octanol–water partition coefficient (Wildman–Crippen LogP) is 2.26. The van der Waals surface area contributed by atoms with E-state index in [2.05, 4.69) is 45.3 Å². The molecule has 86 valence electrons. The lowest BCUT2D eigenvalue weighted by atomic mass is 9.90. The van der Waals surface area contributed by atoms with E-state index < -0.39 is 0 Å². The summed E-state index contributed by atoms with van der Waals surface area (Å²) in [4.78, 5) is 0. The Morgan fingerprint density at radius 1 is 1.07 bits per heavy atom. The molecule has 0 amide bonds. The van der Waals surface area contributed by atoms with Crippen molar-refractivity contribution in [1.82, 2.24) is 10.6 Å². The van der Waals surface area contributed by atoms with Crippen LogP contribution in [0.15, 0.2) is 0 Å². The van der Waals surface area contributed by atoms with Crippen LogP contribution >= 0.6 is 0 Å². The van der Waals surface area contributed by atoms with Crippen LogP contribution in [0.4, 0.5) is 0 Å². The molecule has 1 unspecified atom stereocenters. The van der Waals surface area contributed by atoms with Gasteiger partial charge in [0.2, 0.25) is 0 Å². The predicted molar refractivity (Wildman–Crippen MR) is 64.6 cm³/mol. The van der Waals surface area contributed by atoms with Gasteiger partial charge in [0, 0.05) is 6.54 Å². The van der Waals surface area contributed by atoms with Gasteiger partial charge in [-0.3, -0.25) is 0 Å². The SMILES string of the molecule is CCNCC(C)CNCC(C)(C)CC. The topological polar surface area (TPSA) is 24.1 Å². The maximum atomic E-state index is 3.55. The molecule has 0 saturated heterocycles. The van der Waals surface area contributed by atoms with E-state index in [0.717, 1.165) is 32.1 Å². The zero-order valence-electron chi connectivity index (χ0n) is 10.6. The van der Waals surface area contributed by atoms with E-state index in [-0.39, 0.29) is 0 Å². The first kappa shape index (κ1) is 13.9. The van der Waals surface area contributed by atoms with Crippen molar-refractivity contribution in [1.29, 1.82) is 0 Å². The van der Waals surface area contributed by atoms with E-state index in [1.165, 1.54) is 6.42 Å². The monoisotopic (exact) mass is 200 g/mol. The Kier molecular flexibility index (Phi) is 7.20. The standard InChI is InChI=1S/C12H28N2/c1-6-12(4,5)10-14-9-11(3)8-13-7-2/h11,13-14H,6-10H2,1-5H3. The van der Waals surface area contributed by atoms with Gasteiger partial charge < -0.3 is 10.6 Å². The van der Waals surface area contributed by atoms with Gasteiger partial charge in [-0.2, -0.15) is 0 Å². The zero-order chi connectivity index (χ0) is 11.0. The Morgan fingerprint density at radius 3 is 2.14 bits per heavy atom. The van der Waals surface area contributed by atoms with Gasteiger partial charge in [-0.05, 0) is 37.4 Å². The second-order valence-electron chi connectivity index (χ2n) is 5.06. The fraction of sp³-hybridized carbons (Fsp3) is 1.00. The summed E-state index contributed by atoms with van der Waals surface area (Å²) >= 11 is 0. The summed E-state index contributed by atoms with van der Waals surface area (Å²) in [5, 5.41) is 6.91. The highest BCUT2D eigenvalue weighted by molar-refractivity contribution is 4.70. The molecule has 0 saturated carbocycles. The Balaban J connectivity index is 3.43. The number of nitrogens with one attached hydrogen (secondary N) is 2. The third kappa shape index (κ3) is 7.34. The molecule has 0 bridgehead atoms. The molecule has 0 aliphatic carbocycles. The van der Waals surface area contributed by atoms with Crippen molar-refractivity contribution in [3.05, 3.63) is 0 Å². The van der Waals surface area contributed by atoms with E-state index >= 15 is 0 Å². The fourth-order valence-corrected chi connectivity index (χ4v) is 1.24. The summed E-state index contributed by atoms with van der Waals surface area (Å²) in [5.41, 5.74) is 0.442. The van der Waals surface area contributed by atoms with Crippen LogP contribution in [0.5, 0.6) is 0 Å². The molecule has 0 aromatic carbocycles. The molecule has 0 rings (SSSR count). The summed E-state index contributed by atoms with van der Waals surface area (Å²) < 4.78 is 0. The van der Waals surface area contributed by atoms with Crippen molar-refractivity contribution < 1.29 is 0 Å². The first-order chi connectivity index (χ1) is 6.52. The van der Waals surface area contributed by atoms with E-state index in [0.29, 0.717) is 5.41 Å². The molecule has 14 heavy (non-hydrogen) atoms. The van der Waals surface area contributed by atoms with Crippen molar-refractivity contribution in [2.45, 2.75) is 41.0 Å². The zero-order valence-corrected chi connectivity index (χ0v) is 10.6. The quantitative estimate of drug-likeness (QED) is 0.628. The van der Waals surface area contributed by atoms with Crippen LogP contribution in [0.25, 0.3) is 0 Å². The first-order valence-electron chi connectivity index (χ1n) is 5.93. The summed E-state index contributed by atoms with van der Waals surface area (Å²) in [6.45, 7) is 15.8. The molecular formula is C12H28N2. The highest BCUT2D eigenvalue weighted by atomic mass is 14.9. The summed E-state index contributed by atoms with van der Waals surface area (Å²) in [5.74, 6) is 0.725. The Morgan fingerprint density at radius 2 is 1.64 bits per heavy atom. The van der Waals surface area contributed by atoms with Crippen LogP contribution < -0.4 is 10.6 Å². The summed E-state index contributed by atoms with van der Waals surface area (Å²) in [7, 11) is 0. The van der Waals surface area contributed by atoms with Gasteiger partial charge in [0.1, 0.15) is 0 Å². The lowest BCUT2D eigenvalue weighted by Crippen LogP contribution is -2.34. The largest absolute Gasteiger partial charge is 0.317 e. The number of hydrogen-bond acceptors (Lipinski definition) is 2. The smallest absolute Gasteiger partial charge is 0.000254 e. The fourth-order valence-electron chi connectivity index (χ4n) is 1.24. The molecule has 0 aliphatic rings. The Bertz CT molecular complexity index is 132. The summed E-state index contributed by atoms with van der Waals surface area (Å²) in [6.07, 6.45) is 1.24. The lowest BCUT2D eigenvalue weighted by molar-refractivity contribution is 0.317. The second kappa shape index (κ2) is 7.24.